The van der Waals surface area contributed by atoms with Gasteiger partial charge >= 0.3 is 5.76 Å². The second-order valence-corrected chi connectivity index (χ2v) is 4.28. The third-order valence-electron chi connectivity index (χ3n) is 3.40. The largest absolute Gasteiger partial charge is 0.417 e. The summed E-state index contributed by atoms with van der Waals surface area (Å²) in [6.07, 6.45) is 4.25. The second-order valence-electron chi connectivity index (χ2n) is 4.28. The molecule has 0 aliphatic heterocycles. The van der Waals surface area contributed by atoms with Crippen LogP contribution in [0.5, 0.6) is 0 Å². The van der Waals surface area contributed by atoms with E-state index < -0.39 is 11.3 Å². The number of aromatic nitrogens is 1. The van der Waals surface area contributed by atoms with Crippen LogP contribution in [0.15, 0.2) is 32.4 Å². The van der Waals surface area contributed by atoms with Crippen molar-refractivity contribution in [3.8, 4) is 0 Å². The number of carbonyl (C=O) groups excluding carboxylic acids is 1. The standard InChI is InChI=1S/C12H10N2O3/c15-7-13-12(5-2-6-12)8-3-1-4-9-10(8)14-11(16)17-9/h1,3-4H,2,5-6H2,(H,14,16). The summed E-state index contributed by atoms with van der Waals surface area (Å²) in [5, 5.41) is 0. The number of aliphatic imine (C=N–C) groups is 1. The number of fused-ring (bicyclic) bond motifs is 1. The van der Waals surface area contributed by atoms with Gasteiger partial charge in [-0.15, -0.1) is 0 Å². The predicted octanol–water partition coefficient (Wildman–Crippen LogP) is 1.84. The van der Waals surface area contributed by atoms with Crippen molar-refractivity contribution in [3.63, 3.8) is 0 Å². The molecule has 0 bridgehead atoms. The molecule has 1 aliphatic rings. The van der Waals surface area contributed by atoms with Gasteiger partial charge in [0.1, 0.15) is 5.54 Å². The lowest BCUT2D eigenvalue weighted by Crippen LogP contribution is -2.32. The lowest BCUT2D eigenvalue weighted by atomic mass is 9.72. The van der Waals surface area contributed by atoms with E-state index in [1.807, 2.05) is 6.07 Å². The van der Waals surface area contributed by atoms with Crippen molar-refractivity contribution < 1.29 is 9.21 Å². The molecule has 0 amide bonds. The third kappa shape index (κ3) is 1.36. The molecule has 1 aliphatic carbocycles. The molecule has 1 heterocycles. The van der Waals surface area contributed by atoms with E-state index in [1.165, 1.54) is 0 Å². The van der Waals surface area contributed by atoms with Crippen molar-refractivity contribution in [1.29, 1.82) is 0 Å². The van der Waals surface area contributed by atoms with Gasteiger partial charge < -0.3 is 4.42 Å². The van der Waals surface area contributed by atoms with Crippen molar-refractivity contribution in [1.82, 2.24) is 4.98 Å². The van der Waals surface area contributed by atoms with Crippen LogP contribution >= 0.6 is 0 Å². The molecule has 1 N–H and O–H groups in total. The van der Waals surface area contributed by atoms with Gasteiger partial charge in [0.05, 0.1) is 5.52 Å². The highest BCUT2D eigenvalue weighted by Crippen LogP contribution is 2.46. The molecule has 0 unspecified atom stereocenters. The molecule has 0 saturated heterocycles. The Labute approximate surface area is 96.2 Å². The quantitative estimate of drug-likeness (QED) is 0.631. The van der Waals surface area contributed by atoms with Crippen LogP contribution in [0.3, 0.4) is 0 Å². The zero-order valence-electron chi connectivity index (χ0n) is 9.03. The summed E-state index contributed by atoms with van der Waals surface area (Å²) in [7, 11) is 0. The fraction of sp³-hybridized carbons (Fsp3) is 0.333. The second kappa shape index (κ2) is 3.43. The van der Waals surface area contributed by atoms with Crippen molar-refractivity contribution in [2.75, 3.05) is 0 Å². The highest BCUT2D eigenvalue weighted by atomic mass is 16.4. The highest BCUT2D eigenvalue weighted by Gasteiger charge is 2.40. The number of nitrogens with one attached hydrogen (secondary N) is 1. The summed E-state index contributed by atoms with van der Waals surface area (Å²) in [5.74, 6) is -0.489. The van der Waals surface area contributed by atoms with Crippen LogP contribution in [-0.4, -0.2) is 11.1 Å². The van der Waals surface area contributed by atoms with Crippen LogP contribution in [0, 0.1) is 0 Å². The molecule has 5 heteroatoms. The Morgan fingerprint density at radius 3 is 2.88 bits per heavy atom. The molecule has 1 fully saturated rings. The molecular weight excluding hydrogens is 220 g/mol. The van der Waals surface area contributed by atoms with Gasteiger partial charge in [-0.3, -0.25) is 4.98 Å². The maximum absolute atomic E-state index is 11.2. The lowest BCUT2D eigenvalue weighted by Gasteiger charge is -2.37. The maximum Gasteiger partial charge on any atom is 0.417 e. The number of H-pyrrole nitrogens is 1. The van der Waals surface area contributed by atoms with Gasteiger partial charge in [-0.1, -0.05) is 12.1 Å². The van der Waals surface area contributed by atoms with Crippen molar-refractivity contribution >= 4 is 17.2 Å². The zero-order valence-corrected chi connectivity index (χ0v) is 9.03. The van der Waals surface area contributed by atoms with E-state index >= 15 is 0 Å². The molecule has 5 nitrogen and oxygen atoms in total. The van der Waals surface area contributed by atoms with Crippen LogP contribution in [-0.2, 0) is 10.3 Å². The zero-order chi connectivity index (χ0) is 11.9. The summed E-state index contributed by atoms with van der Waals surface area (Å²) < 4.78 is 5.00. The SMILES string of the molecule is O=C=NC1(c2cccc3oc(=O)[nH]c23)CCC1. The number of nitrogens with zero attached hydrogens (tertiary/aromatic N) is 1. The van der Waals surface area contributed by atoms with Crippen LogP contribution < -0.4 is 5.76 Å². The first kappa shape index (κ1) is 10.1. The number of oxazole rings is 1. The van der Waals surface area contributed by atoms with Crippen LogP contribution in [0.25, 0.3) is 11.1 Å². The molecule has 3 rings (SSSR count). The minimum Gasteiger partial charge on any atom is -0.408 e. The maximum atomic E-state index is 11.2. The molecule has 1 aromatic heterocycles. The summed E-state index contributed by atoms with van der Waals surface area (Å²) in [5.41, 5.74) is 1.46. The smallest absolute Gasteiger partial charge is 0.408 e. The van der Waals surface area contributed by atoms with Gasteiger partial charge in [0.2, 0.25) is 6.08 Å². The van der Waals surface area contributed by atoms with Crippen LogP contribution in [0.1, 0.15) is 24.8 Å². The number of benzene rings is 1. The lowest BCUT2D eigenvalue weighted by molar-refractivity contribution is 0.258. The normalized spacial score (nSPS) is 17.4. The molecule has 1 saturated carbocycles. The van der Waals surface area contributed by atoms with E-state index in [0.29, 0.717) is 11.1 Å². The first-order chi connectivity index (χ1) is 8.25. The summed E-state index contributed by atoms with van der Waals surface area (Å²) >= 11 is 0. The molecule has 0 atom stereocenters. The van der Waals surface area contributed by atoms with E-state index in [4.69, 9.17) is 4.42 Å². The fourth-order valence-corrected chi connectivity index (χ4v) is 2.40. The fourth-order valence-electron chi connectivity index (χ4n) is 2.40. The number of hydrogen-bond donors (Lipinski definition) is 1. The van der Waals surface area contributed by atoms with E-state index in [2.05, 4.69) is 9.98 Å². The number of isocyanates is 1. The van der Waals surface area contributed by atoms with Crippen LogP contribution in [0.4, 0.5) is 0 Å². The highest BCUT2D eigenvalue weighted by molar-refractivity contribution is 5.77. The first-order valence-electron chi connectivity index (χ1n) is 5.46. The Morgan fingerprint density at radius 1 is 1.41 bits per heavy atom. The third-order valence-corrected chi connectivity index (χ3v) is 3.40. The number of aromatic amines is 1. The summed E-state index contributed by atoms with van der Waals surface area (Å²) in [4.78, 5) is 28.3. The minimum atomic E-state index is -0.520. The van der Waals surface area contributed by atoms with E-state index in [-0.39, 0.29) is 0 Å². The first-order valence-corrected chi connectivity index (χ1v) is 5.46. The van der Waals surface area contributed by atoms with Crippen molar-refractivity contribution in [2.45, 2.75) is 24.8 Å². The van der Waals surface area contributed by atoms with E-state index in [1.54, 1.807) is 18.2 Å². The number of para-hydroxylation sites is 1. The molecule has 86 valence electrons. The molecular formula is C12H10N2O3. The van der Waals surface area contributed by atoms with Gasteiger partial charge in [-0.2, -0.15) is 4.99 Å². The van der Waals surface area contributed by atoms with Gasteiger partial charge in [0.15, 0.2) is 5.58 Å². The summed E-state index contributed by atoms with van der Waals surface area (Å²) in [6.45, 7) is 0. The topological polar surface area (TPSA) is 75.4 Å². The van der Waals surface area contributed by atoms with Crippen LogP contribution in [0.2, 0.25) is 0 Å². The number of rotatable bonds is 2. The molecule has 0 radical (unpaired) electrons. The molecule has 17 heavy (non-hydrogen) atoms. The van der Waals surface area contributed by atoms with Crippen molar-refractivity contribution in [2.24, 2.45) is 4.99 Å². The molecule has 2 aromatic rings. The van der Waals surface area contributed by atoms with Gasteiger partial charge in [-0.25, -0.2) is 9.59 Å². The van der Waals surface area contributed by atoms with E-state index in [0.717, 1.165) is 24.8 Å². The average Bonchev–Trinajstić information content (AvgIpc) is 2.63. The molecule has 1 aromatic carbocycles. The van der Waals surface area contributed by atoms with Crippen molar-refractivity contribution in [3.05, 3.63) is 34.3 Å². The predicted molar refractivity (Wildman–Crippen MR) is 60.5 cm³/mol. The van der Waals surface area contributed by atoms with Gasteiger partial charge in [0.25, 0.3) is 0 Å². The Morgan fingerprint density at radius 2 is 2.24 bits per heavy atom. The summed E-state index contributed by atoms with van der Waals surface area (Å²) in [6, 6.07) is 5.39. The Bertz CT molecular complexity index is 672. The minimum absolute atomic E-state index is 0.489. The number of hydrogen-bond acceptors (Lipinski definition) is 4. The van der Waals surface area contributed by atoms with Gasteiger partial charge in [0, 0.05) is 5.56 Å². The molecule has 0 spiro atoms. The Hall–Kier alpha value is -2.13. The monoisotopic (exact) mass is 230 g/mol. The Kier molecular flexibility index (Phi) is 2.03. The Balaban J connectivity index is 2.29. The van der Waals surface area contributed by atoms with Gasteiger partial charge in [-0.05, 0) is 25.3 Å². The van der Waals surface area contributed by atoms with E-state index in [9.17, 15) is 9.59 Å². The average molecular weight is 230 g/mol.